The maximum Gasteiger partial charge on any atom is 0.163 e. The van der Waals surface area contributed by atoms with Crippen molar-refractivity contribution in [1.82, 2.24) is 10.3 Å². The van der Waals surface area contributed by atoms with E-state index in [1.807, 2.05) is 0 Å². The van der Waals surface area contributed by atoms with Gasteiger partial charge in [-0.1, -0.05) is 23.2 Å². The minimum absolute atomic E-state index is 0.0890. The number of aliphatic imine (C=N–C) groups is 1. The third-order valence-corrected chi connectivity index (χ3v) is 2.66. The maximum atomic E-state index is 5.97. The van der Waals surface area contributed by atoms with Gasteiger partial charge in [0.15, 0.2) is 11.0 Å². The van der Waals surface area contributed by atoms with Gasteiger partial charge in [-0.15, -0.1) is 11.6 Å². The second-order valence-corrected chi connectivity index (χ2v) is 3.97. The number of nitrogens with zero attached hydrogens (tertiary/aromatic N) is 3. The number of aromatic nitrogens is 2. The summed E-state index contributed by atoms with van der Waals surface area (Å²) in [5.74, 6) is 0.307. The summed E-state index contributed by atoms with van der Waals surface area (Å²) in [4.78, 5) is 4.03. The lowest BCUT2D eigenvalue weighted by Gasteiger charge is -2.00. The summed E-state index contributed by atoms with van der Waals surface area (Å²) in [6.45, 7) is 0. The van der Waals surface area contributed by atoms with E-state index in [2.05, 4.69) is 19.9 Å². The van der Waals surface area contributed by atoms with Crippen LogP contribution in [0.1, 0.15) is 0 Å². The van der Waals surface area contributed by atoms with Crippen LogP contribution in [-0.4, -0.2) is 22.0 Å². The van der Waals surface area contributed by atoms with E-state index < -0.39 is 0 Å². The lowest BCUT2D eigenvalue weighted by Crippen LogP contribution is -2.12. The highest BCUT2D eigenvalue weighted by atomic mass is 35.5. The maximum absolute atomic E-state index is 5.97. The number of alkyl halides is 1. The molecule has 2 N–H and O–H groups in total. The minimum Gasteiger partial charge on any atom is -0.386 e. The number of fused-ring (bicyclic) bond motifs is 1. The molecule has 2 aromatic rings. The first-order valence-corrected chi connectivity index (χ1v) is 5.41. The molecule has 1 heterocycles. The smallest absolute Gasteiger partial charge is 0.163 e. The third kappa shape index (κ3) is 1.93. The highest BCUT2D eigenvalue weighted by Gasteiger charge is 2.14. The molecule has 84 valence electrons. The van der Waals surface area contributed by atoms with E-state index in [9.17, 15) is 0 Å². The summed E-state index contributed by atoms with van der Waals surface area (Å²) in [5, 5.41) is 7.94. The Labute approximate surface area is 105 Å². The zero-order valence-corrected chi connectivity index (χ0v) is 10.0. The molecule has 5 nitrogen and oxygen atoms in total. The molecule has 0 unspecified atom stereocenters. The molecule has 0 amide bonds. The second-order valence-electron chi connectivity index (χ2n) is 2.89. The molecular weight excluding hydrogens is 274 g/mol. The molecule has 1 aromatic carbocycles. The van der Waals surface area contributed by atoms with E-state index in [1.54, 1.807) is 0 Å². The van der Waals surface area contributed by atoms with Gasteiger partial charge in [0, 0.05) is 0 Å². The van der Waals surface area contributed by atoms with Crippen molar-refractivity contribution < 1.29 is 4.63 Å². The van der Waals surface area contributed by atoms with Crippen molar-refractivity contribution >= 4 is 57.4 Å². The van der Waals surface area contributed by atoms with Crippen LogP contribution >= 0.6 is 34.8 Å². The Morgan fingerprint density at radius 1 is 1.31 bits per heavy atom. The molecular formula is C8H5Cl3N4O. The third-order valence-electron chi connectivity index (χ3n) is 1.81. The van der Waals surface area contributed by atoms with Crippen LogP contribution in [0.3, 0.4) is 0 Å². The van der Waals surface area contributed by atoms with Crippen LogP contribution in [0.4, 0.5) is 5.69 Å². The van der Waals surface area contributed by atoms with Crippen LogP contribution in [0.2, 0.25) is 10.0 Å². The summed E-state index contributed by atoms with van der Waals surface area (Å²) in [7, 11) is 0. The molecule has 0 spiro atoms. The highest BCUT2D eigenvalue weighted by molar-refractivity contribution is 6.40. The van der Waals surface area contributed by atoms with Gasteiger partial charge in [0.25, 0.3) is 0 Å². The monoisotopic (exact) mass is 278 g/mol. The summed E-state index contributed by atoms with van der Waals surface area (Å²) in [6, 6.07) is 1.50. The number of hydrogen-bond donors (Lipinski definition) is 1. The molecule has 0 aliphatic heterocycles. The van der Waals surface area contributed by atoms with Crippen molar-refractivity contribution in [3.05, 3.63) is 16.1 Å². The fourth-order valence-electron chi connectivity index (χ4n) is 1.14. The normalized spacial score (nSPS) is 12.3. The Hall–Kier alpha value is -1.04. The molecule has 0 aliphatic carbocycles. The molecule has 8 heteroatoms. The van der Waals surface area contributed by atoms with Crippen molar-refractivity contribution in [2.75, 3.05) is 5.88 Å². The Morgan fingerprint density at radius 2 is 2.00 bits per heavy atom. The van der Waals surface area contributed by atoms with E-state index in [0.29, 0.717) is 26.8 Å². The first-order chi connectivity index (χ1) is 7.63. The number of rotatable bonds is 2. The Balaban J connectivity index is 2.73. The second kappa shape index (κ2) is 4.45. The van der Waals surface area contributed by atoms with Gasteiger partial charge in [-0.2, -0.15) is 0 Å². The molecule has 16 heavy (non-hydrogen) atoms. The van der Waals surface area contributed by atoms with Gasteiger partial charge in [-0.3, -0.25) is 0 Å². The van der Waals surface area contributed by atoms with Crippen molar-refractivity contribution in [2.45, 2.75) is 0 Å². The van der Waals surface area contributed by atoms with Gasteiger partial charge in [-0.25, -0.2) is 9.62 Å². The number of amidine groups is 1. The molecule has 2 rings (SSSR count). The van der Waals surface area contributed by atoms with Crippen LogP contribution in [0.5, 0.6) is 0 Å². The number of hydrogen-bond acceptors (Lipinski definition) is 4. The average Bonchev–Trinajstić information content (AvgIpc) is 2.73. The van der Waals surface area contributed by atoms with Crippen molar-refractivity contribution in [2.24, 2.45) is 10.7 Å². The van der Waals surface area contributed by atoms with Crippen molar-refractivity contribution in [3.8, 4) is 0 Å². The molecule has 0 saturated heterocycles. The number of nitrogens with two attached hydrogens (primary N) is 1. The largest absolute Gasteiger partial charge is 0.386 e. The summed E-state index contributed by atoms with van der Waals surface area (Å²) in [6.07, 6.45) is 0. The Kier molecular flexibility index (Phi) is 3.18. The SMILES string of the molecule is NC(CCl)=Nc1c(Cl)cc(Cl)c2nonc12. The molecule has 0 atom stereocenters. The molecule has 0 saturated carbocycles. The molecule has 0 bridgehead atoms. The van der Waals surface area contributed by atoms with E-state index >= 15 is 0 Å². The van der Waals surface area contributed by atoms with Gasteiger partial charge in [0.1, 0.15) is 11.5 Å². The molecule has 0 aliphatic rings. The van der Waals surface area contributed by atoms with Crippen LogP contribution in [0.15, 0.2) is 15.7 Å². The minimum atomic E-state index is 0.0890. The zero-order chi connectivity index (χ0) is 11.7. The van der Waals surface area contributed by atoms with Crippen molar-refractivity contribution in [1.29, 1.82) is 0 Å². The molecule has 0 fully saturated rings. The number of halogens is 3. The Morgan fingerprint density at radius 3 is 2.69 bits per heavy atom. The van der Waals surface area contributed by atoms with Gasteiger partial charge in [0.05, 0.1) is 15.9 Å². The van der Waals surface area contributed by atoms with E-state index in [4.69, 9.17) is 40.5 Å². The van der Waals surface area contributed by atoms with E-state index in [-0.39, 0.29) is 11.7 Å². The zero-order valence-electron chi connectivity index (χ0n) is 7.75. The van der Waals surface area contributed by atoms with E-state index in [1.165, 1.54) is 6.07 Å². The topological polar surface area (TPSA) is 77.3 Å². The van der Waals surface area contributed by atoms with Crippen LogP contribution in [0.25, 0.3) is 11.0 Å². The van der Waals surface area contributed by atoms with Crippen LogP contribution in [0, 0.1) is 0 Å². The molecule has 1 aromatic heterocycles. The fraction of sp³-hybridized carbons (Fsp3) is 0.125. The van der Waals surface area contributed by atoms with Gasteiger partial charge < -0.3 is 5.73 Å². The van der Waals surface area contributed by atoms with Gasteiger partial charge in [-0.05, 0) is 16.4 Å². The van der Waals surface area contributed by atoms with Gasteiger partial charge in [0.2, 0.25) is 0 Å². The number of benzene rings is 1. The van der Waals surface area contributed by atoms with Crippen LogP contribution in [-0.2, 0) is 0 Å². The van der Waals surface area contributed by atoms with Crippen molar-refractivity contribution in [3.63, 3.8) is 0 Å². The van der Waals surface area contributed by atoms with E-state index in [0.717, 1.165) is 0 Å². The lowest BCUT2D eigenvalue weighted by atomic mass is 10.2. The first kappa shape index (κ1) is 11.4. The Bertz CT molecular complexity index is 566. The van der Waals surface area contributed by atoms with Gasteiger partial charge >= 0.3 is 0 Å². The standard InChI is InChI=1S/C8H5Cl3N4O/c9-2-5(12)13-6-3(10)1-4(11)7-8(6)15-16-14-7/h1H,2H2,(H2,12,13). The van der Waals surface area contributed by atoms with Crippen LogP contribution < -0.4 is 5.73 Å². The summed E-state index contributed by atoms with van der Waals surface area (Å²) in [5.41, 5.74) is 6.60. The molecule has 0 radical (unpaired) electrons. The predicted octanol–water partition coefficient (Wildman–Crippen LogP) is 2.76. The summed E-state index contributed by atoms with van der Waals surface area (Å²) >= 11 is 17.4. The average molecular weight is 280 g/mol. The first-order valence-electron chi connectivity index (χ1n) is 4.12. The predicted molar refractivity (Wildman–Crippen MR) is 63.8 cm³/mol. The summed E-state index contributed by atoms with van der Waals surface area (Å²) < 4.78 is 4.57. The highest BCUT2D eigenvalue weighted by Crippen LogP contribution is 2.36. The quantitative estimate of drug-likeness (QED) is 0.521. The lowest BCUT2D eigenvalue weighted by molar-refractivity contribution is 0.315. The fourth-order valence-corrected chi connectivity index (χ4v) is 1.73.